The predicted octanol–water partition coefficient (Wildman–Crippen LogP) is 4.26. The van der Waals surface area contributed by atoms with Crippen LogP contribution in [0.1, 0.15) is 13.8 Å². The molecular formula is C20H20IN5O2S. The molecule has 2 aromatic carbocycles. The van der Waals surface area contributed by atoms with Crippen molar-refractivity contribution >= 4 is 57.5 Å². The zero-order chi connectivity index (χ0) is 20.8. The van der Waals surface area contributed by atoms with Gasteiger partial charge in [-0.05, 0) is 65.9 Å². The van der Waals surface area contributed by atoms with Crippen molar-refractivity contribution in [3.8, 4) is 11.4 Å². The van der Waals surface area contributed by atoms with Crippen molar-refractivity contribution < 1.29 is 9.59 Å². The molecule has 0 unspecified atom stereocenters. The van der Waals surface area contributed by atoms with E-state index in [2.05, 4.69) is 43.4 Å². The number of amides is 2. The van der Waals surface area contributed by atoms with Crippen LogP contribution in [-0.2, 0) is 16.1 Å². The number of anilines is 2. The third-order valence-corrected chi connectivity index (χ3v) is 5.62. The van der Waals surface area contributed by atoms with Gasteiger partial charge in [0.15, 0.2) is 11.0 Å². The van der Waals surface area contributed by atoms with Crippen molar-refractivity contribution in [3.05, 3.63) is 52.1 Å². The van der Waals surface area contributed by atoms with E-state index in [4.69, 9.17) is 0 Å². The Morgan fingerprint density at radius 3 is 2.52 bits per heavy atom. The van der Waals surface area contributed by atoms with Gasteiger partial charge in [0.2, 0.25) is 11.8 Å². The van der Waals surface area contributed by atoms with Gasteiger partial charge >= 0.3 is 0 Å². The van der Waals surface area contributed by atoms with Crippen LogP contribution in [0, 0.1) is 3.57 Å². The van der Waals surface area contributed by atoms with E-state index in [-0.39, 0.29) is 17.6 Å². The van der Waals surface area contributed by atoms with Gasteiger partial charge in [0.05, 0.1) is 5.75 Å². The van der Waals surface area contributed by atoms with Crippen LogP contribution in [0.4, 0.5) is 11.4 Å². The number of nitrogens with one attached hydrogen (secondary N) is 2. The third kappa shape index (κ3) is 5.80. The van der Waals surface area contributed by atoms with Crippen LogP contribution in [0.25, 0.3) is 11.4 Å². The maximum Gasteiger partial charge on any atom is 0.234 e. The van der Waals surface area contributed by atoms with Gasteiger partial charge < -0.3 is 15.2 Å². The van der Waals surface area contributed by atoms with E-state index in [1.807, 2.05) is 60.0 Å². The maximum absolute atomic E-state index is 12.3. The highest BCUT2D eigenvalue weighted by Gasteiger charge is 2.15. The monoisotopic (exact) mass is 521 g/mol. The number of benzene rings is 2. The van der Waals surface area contributed by atoms with Gasteiger partial charge in [0.25, 0.3) is 0 Å². The molecule has 0 radical (unpaired) electrons. The summed E-state index contributed by atoms with van der Waals surface area (Å²) in [5.41, 5.74) is 2.32. The molecular weight excluding hydrogens is 501 g/mol. The van der Waals surface area contributed by atoms with Crippen LogP contribution >= 0.6 is 34.4 Å². The Labute approximate surface area is 186 Å². The molecule has 2 N–H and O–H groups in total. The number of rotatable bonds is 7. The van der Waals surface area contributed by atoms with E-state index in [1.54, 1.807) is 0 Å². The molecule has 3 rings (SSSR count). The minimum Gasteiger partial charge on any atom is -0.326 e. The summed E-state index contributed by atoms with van der Waals surface area (Å²) in [6, 6.07) is 15.1. The molecule has 0 aliphatic heterocycles. The molecule has 3 aromatic rings. The van der Waals surface area contributed by atoms with Crippen molar-refractivity contribution in [2.45, 2.75) is 25.5 Å². The van der Waals surface area contributed by atoms with Crippen LogP contribution < -0.4 is 10.6 Å². The third-order valence-electron chi connectivity index (χ3n) is 3.93. The zero-order valence-corrected chi connectivity index (χ0v) is 19.0. The number of thioether (sulfide) groups is 1. The van der Waals surface area contributed by atoms with Gasteiger partial charge in [-0.25, -0.2) is 0 Å². The highest BCUT2D eigenvalue weighted by Crippen LogP contribution is 2.26. The summed E-state index contributed by atoms with van der Waals surface area (Å²) >= 11 is 3.56. The van der Waals surface area contributed by atoms with Gasteiger partial charge in [-0.1, -0.05) is 23.9 Å². The fourth-order valence-corrected chi connectivity index (χ4v) is 3.86. The Bertz CT molecular complexity index is 1020. The van der Waals surface area contributed by atoms with Crippen LogP contribution in [0.3, 0.4) is 0 Å². The number of carbonyl (C=O) groups excluding carboxylic acids is 2. The number of carbonyl (C=O) groups is 2. The van der Waals surface area contributed by atoms with Gasteiger partial charge in [0, 0.05) is 34.0 Å². The smallest absolute Gasteiger partial charge is 0.234 e. The SMILES string of the molecule is CCn1c(SCC(=O)Nc2ccc(I)cc2)nnc1-c1cccc(NC(C)=O)c1. The van der Waals surface area contributed by atoms with Gasteiger partial charge in [0.1, 0.15) is 0 Å². The standard InChI is InChI=1S/C20H20IN5O2S/c1-3-26-19(14-5-4-6-17(11-14)22-13(2)27)24-25-20(26)29-12-18(28)23-16-9-7-15(21)8-10-16/h4-11H,3,12H2,1-2H3,(H,22,27)(H,23,28). The average molecular weight is 521 g/mol. The van der Waals surface area contributed by atoms with E-state index in [1.165, 1.54) is 18.7 Å². The van der Waals surface area contributed by atoms with Crippen molar-refractivity contribution in [3.63, 3.8) is 0 Å². The zero-order valence-electron chi connectivity index (χ0n) is 16.0. The Morgan fingerprint density at radius 1 is 1.07 bits per heavy atom. The second-order valence-corrected chi connectivity index (χ2v) is 8.34. The summed E-state index contributed by atoms with van der Waals surface area (Å²) in [4.78, 5) is 23.6. The quantitative estimate of drug-likeness (QED) is 0.359. The fourth-order valence-electron chi connectivity index (χ4n) is 2.69. The minimum atomic E-state index is -0.130. The lowest BCUT2D eigenvalue weighted by molar-refractivity contribution is -0.114. The molecule has 29 heavy (non-hydrogen) atoms. The summed E-state index contributed by atoms with van der Waals surface area (Å²) in [6.45, 7) is 4.13. The Hall–Kier alpha value is -2.40. The van der Waals surface area contributed by atoms with E-state index in [0.717, 1.165) is 14.8 Å². The predicted molar refractivity (Wildman–Crippen MR) is 124 cm³/mol. The molecule has 9 heteroatoms. The second-order valence-electron chi connectivity index (χ2n) is 6.16. The second kappa shape index (κ2) is 9.88. The molecule has 0 fully saturated rings. The van der Waals surface area contributed by atoms with Gasteiger partial charge in [-0.2, -0.15) is 0 Å². The molecule has 1 aromatic heterocycles. The van der Waals surface area contributed by atoms with Gasteiger partial charge in [-0.15, -0.1) is 10.2 Å². The van der Waals surface area contributed by atoms with Crippen LogP contribution in [0.2, 0.25) is 0 Å². The lowest BCUT2D eigenvalue weighted by atomic mass is 10.2. The summed E-state index contributed by atoms with van der Waals surface area (Å²) in [7, 11) is 0. The molecule has 0 atom stereocenters. The maximum atomic E-state index is 12.3. The number of hydrogen-bond donors (Lipinski definition) is 2. The number of halogens is 1. The molecule has 1 heterocycles. The van der Waals surface area contributed by atoms with Crippen LogP contribution in [-0.4, -0.2) is 32.3 Å². The molecule has 0 spiro atoms. The molecule has 0 bridgehead atoms. The van der Waals surface area contributed by atoms with Crippen molar-refractivity contribution in [2.75, 3.05) is 16.4 Å². The van der Waals surface area contributed by atoms with E-state index in [0.29, 0.717) is 23.2 Å². The number of hydrogen-bond acceptors (Lipinski definition) is 5. The van der Waals surface area contributed by atoms with E-state index < -0.39 is 0 Å². The minimum absolute atomic E-state index is 0.101. The van der Waals surface area contributed by atoms with Crippen LogP contribution in [0.15, 0.2) is 53.7 Å². The largest absolute Gasteiger partial charge is 0.326 e. The Balaban J connectivity index is 1.70. The molecule has 7 nitrogen and oxygen atoms in total. The summed E-state index contributed by atoms with van der Waals surface area (Å²) in [6.07, 6.45) is 0. The number of aromatic nitrogens is 3. The normalized spacial score (nSPS) is 10.6. The van der Waals surface area contributed by atoms with E-state index in [9.17, 15) is 9.59 Å². The summed E-state index contributed by atoms with van der Waals surface area (Å²) in [5, 5.41) is 14.9. The van der Waals surface area contributed by atoms with Crippen molar-refractivity contribution in [1.82, 2.24) is 14.8 Å². The Kier molecular flexibility index (Phi) is 7.26. The van der Waals surface area contributed by atoms with Crippen molar-refractivity contribution in [1.29, 1.82) is 0 Å². The molecule has 0 saturated heterocycles. The fraction of sp³-hybridized carbons (Fsp3) is 0.200. The van der Waals surface area contributed by atoms with Crippen LogP contribution in [0.5, 0.6) is 0 Å². The lowest BCUT2D eigenvalue weighted by Crippen LogP contribution is -2.14. The Morgan fingerprint density at radius 2 is 1.83 bits per heavy atom. The molecule has 2 amide bonds. The average Bonchev–Trinajstić information content (AvgIpc) is 3.11. The summed E-state index contributed by atoms with van der Waals surface area (Å²) in [5.74, 6) is 0.696. The first-order valence-electron chi connectivity index (χ1n) is 8.95. The van der Waals surface area contributed by atoms with Gasteiger partial charge in [-0.3, -0.25) is 9.59 Å². The molecule has 0 saturated carbocycles. The van der Waals surface area contributed by atoms with Crippen molar-refractivity contribution in [2.24, 2.45) is 0 Å². The first-order chi connectivity index (χ1) is 14.0. The lowest BCUT2D eigenvalue weighted by Gasteiger charge is -2.09. The highest BCUT2D eigenvalue weighted by atomic mass is 127. The molecule has 150 valence electrons. The number of nitrogens with zero attached hydrogens (tertiary/aromatic N) is 3. The highest BCUT2D eigenvalue weighted by molar-refractivity contribution is 14.1. The topological polar surface area (TPSA) is 88.9 Å². The molecule has 0 aliphatic rings. The van der Waals surface area contributed by atoms with E-state index >= 15 is 0 Å². The molecule has 0 aliphatic carbocycles. The summed E-state index contributed by atoms with van der Waals surface area (Å²) < 4.78 is 3.07. The first kappa shape index (κ1) is 21.3. The first-order valence-corrected chi connectivity index (χ1v) is 11.0.